The van der Waals surface area contributed by atoms with E-state index in [0.29, 0.717) is 25.2 Å². The van der Waals surface area contributed by atoms with E-state index in [0.717, 1.165) is 24.8 Å². The van der Waals surface area contributed by atoms with Crippen molar-refractivity contribution in [1.82, 2.24) is 0 Å². The predicted molar refractivity (Wildman–Crippen MR) is 101 cm³/mol. The van der Waals surface area contributed by atoms with Crippen molar-refractivity contribution >= 4 is 11.6 Å². The van der Waals surface area contributed by atoms with Crippen molar-refractivity contribution in [2.24, 2.45) is 11.3 Å². The fraction of sp³-hybridized carbons (Fsp3) is 0.727. The third kappa shape index (κ3) is 3.01. The van der Waals surface area contributed by atoms with Crippen LogP contribution in [-0.4, -0.2) is 29.1 Å². The standard InChI is InChI=1S/C22H32O4/c1-7-17(24)21(6,8-2)13-18-22(26-20(4,5)25-18)12-14(3)11-15-9-10-16(23)19(15)22/h8,14,18H,2,7,9-13H2,1,3-6H3/t14?,18-,21-,22?/m1/s1. The van der Waals surface area contributed by atoms with Crippen LogP contribution in [0, 0.1) is 11.3 Å². The maximum atomic E-state index is 12.8. The van der Waals surface area contributed by atoms with Gasteiger partial charge in [-0.1, -0.05) is 25.5 Å². The zero-order valence-corrected chi connectivity index (χ0v) is 16.8. The summed E-state index contributed by atoms with van der Waals surface area (Å²) in [5.41, 5.74) is 0.672. The highest BCUT2D eigenvalue weighted by Gasteiger charge is 2.61. The number of rotatable bonds is 5. The Bertz CT molecular complexity index is 674. The minimum atomic E-state index is -0.778. The smallest absolute Gasteiger partial charge is 0.164 e. The average Bonchev–Trinajstić information content (AvgIpc) is 3.04. The van der Waals surface area contributed by atoms with Crippen LogP contribution in [0.15, 0.2) is 23.8 Å². The third-order valence-electron chi connectivity index (χ3n) is 6.35. The molecule has 4 atom stereocenters. The Morgan fingerprint density at radius 1 is 1.38 bits per heavy atom. The summed E-state index contributed by atoms with van der Waals surface area (Å²) in [5.74, 6) is -0.0105. The molecule has 0 radical (unpaired) electrons. The molecule has 1 saturated heterocycles. The highest BCUT2D eigenvalue weighted by atomic mass is 16.8. The van der Waals surface area contributed by atoms with Gasteiger partial charge in [0.05, 0.1) is 6.10 Å². The number of fused-ring (bicyclic) bond motifs is 1. The molecular weight excluding hydrogens is 328 g/mol. The number of hydrogen-bond acceptors (Lipinski definition) is 4. The van der Waals surface area contributed by atoms with E-state index in [-0.39, 0.29) is 17.7 Å². The van der Waals surface area contributed by atoms with Crippen molar-refractivity contribution in [2.45, 2.75) is 90.6 Å². The second kappa shape index (κ2) is 6.42. The van der Waals surface area contributed by atoms with Crippen molar-refractivity contribution in [3.63, 3.8) is 0 Å². The second-order valence-corrected chi connectivity index (χ2v) is 9.02. The Morgan fingerprint density at radius 3 is 2.69 bits per heavy atom. The third-order valence-corrected chi connectivity index (χ3v) is 6.35. The Labute approximate surface area is 157 Å². The van der Waals surface area contributed by atoms with Crippen molar-refractivity contribution in [2.75, 3.05) is 0 Å². The lowest BCUT2D eigenvalue weighted by Crippen LogP contribution is -2.49. The Hall–Kier alpha value is -1.26. The molecule has 4 nitrogen and oxygen atoms in total. The zero-order chi connectivity index (χ0) is 19.3. The molecule has 3 aliphatic rings. The molecule has 0 saturated carbocycles. The summed E-state index contributed by atoms with van der Waals surface area (Å²) in [6, 6.07) is 0. The molecule has 26 heavy (non-hydrogen) atoms. The average molecular weight is 360 g/mol. The van der Waals surface area contributed by atoms with E-state index in [1.807, 2.05) is 27.7 Å². The minimum Gasteiger partial charge on any atom is -0.344 e. The minimum absolute atomic E-state index is 0.145. The fourth-order valence-electron chi connectivity index (χ4n) is 5.22. The molecule has 2 aliphatic carbocycles. The lowest BCUT2D eigenvalue weighted by Gasteiger charge is -2.42. The molecule has 1 spiro atoms. The van der Waals surface area contributed by atoms with Gasteiger partial charge in [0.15, 0.2) is 11.6 Å². The number of Topliss-reactive ketones (excluding diaryl/α,β-unsaturated/α-hetero) is 2. The van der Waals surface area contributed by atoms with E-state index >= 15 is 0 Å². The van der Waals surface area contributed by atoms with E-state index in [1.165, 1.54) is 5.57 Å². The van der Waals surface area contributed by atoms with Crippen molar-refractivity contribution in [3.05, 3.63) is 23.8 Å². The second-order valence-electron chi connectivity index (χ2n) is 9.02. The van der Waals surface area contributed by atoms with Gasteiger partial charge < -0.3 is 9.47 Å². The Balaban J connectivity index is 2.06. The van der Waals surface area contributed by atoms with Crippen LogP contribution >= 0.6 is 0 Å². The first-order chi connectivity index (χ1) is 12.1. The SMILES string of the molecule is C=C[C@](C)(C[C@H]1OC(C)(C)OC12CC(C)CC1=C2C(=O)CC1)C(=O)CC. The lowest BCUT2D eigenvalue weighted by atomic mass is 9.68. The predicted octanol–water partition coefficient (Wildman–Crippen LogP) is 4.53. The molecule has 3 rings (SSSR count). The van der Waals surface area contributed by atoms with Crippen LogP contribution in [0.1, 0.15) is 73.1 Å². The lowest BCUT2D eigenvalue weighted by molar-refractivity contribution is -0.162. The molecule has 1 aliphatic heterocycles. The van der Waals surface area contributed by atoms with Crippen LogP contribution in [0.2, 0.25) is 0 Å². The summed E-state index contributed by atoms with van der Waals surface area (Å²) >= 11 is 0. The molecule has 4 heteroatoms. The molecule has 0 N–H and O–H groups in total. The molecule has 0 bridgehead atoms. The van der Waals surface area contributed by atoms with Gasteiger partial charge in [0, 0.05) is 23.8 Å². The Morgan fingerprint density at radius 2 is 2.08 bits per heavy atom. The van der Waals surface area contributed by atoms with Gasteiger partial charge in [0.1, 0.15) is 11.4 Å². The van der Waals surface area contributed by atoms with Gasteiger partial charge in [-0.25, -0.2) is 0 Å². The van der Waals surface area contributed by atoms with Crippen LogP contribution < -0.4 is 0 Å². The van der Waals surface area contributed by atoms with Gasteiger partial charge in [-0.05, 0) is 52.4 Å². The maximum absolute atomic E-state index is 12.8. The zero-order valence-electron chi connectivity index (χ0n) is 16.8. The van der Waals surface area contributed by atoms with E-state index in [9.17, 15) is 9.59 Å². The quantitative estimate of drug-likeness (QED) is 0.676. The van der Waals surface area contributed by atoms with Crippen molar-refractivity contribution in [1.29, 1.82) is 0 Å². The van der Waals surface area contributed by atoms with Gasteiger partial charge in [0.25, 0.3) is 0 Å². The van der Waals surface area contributed by atoms with E-state index in [2.05, 4.69) is 13.5 Å². The topological polar surface area (TPSA) is 52.6 Å². The molecule has 0 aromatic carbocycles. The van der Waals surface area contributed by atoms with Crippen molar-refractivity contribution in [3.8, 4) is 0 Å². The van der Waals surface area contributed by atoms with Crippen LogP contribution in [0.3, 0.4) is 0 Å². The van der Waals surface area contributed by atoms with E-state index < -0.39 is 16.8 Å². The number of allylic oxidation sites excluding steroid dienone is 2. The molecule has 0 aromatic heterocycles. The largest absolute Gasteiger partial charge is 0.344 e. The number of carbonyl (C=O) groups excluding carboxylic acids is 2. The van der Waals surface area contributed by atoms with Crippen LogP contribution in [-0.2, 0) is 19.1 Å². The summed E-state index contributed by atoms with van der Waals surface area (Å²) in [7, 11) is 0. The molecule has 0 amide bonds. The monoisotopic (exact) mass is 360 g/mol. The molecule has 2 unspecified atom stereocenters. The number of hydrogen-bond donors (Lipinski definition) is 0. The van der Waals surface area contributed by atoms with Crippen LogP contribution in [0.4, 0.5) is 0 Å². The van der Waals surface area contributed by atoms with Gasteiger partial charge in [0.2, 0.25) is 0 Å². The maximum Gasteiger partial charge on any atom is 0.164 e. The fourth-order valence-corrected chi connectivity index (χ4v) is 5.22. The normalized spacial score (nSPS) is 35.5. The summed E-state index contributed by atoms with van der Waals surface area (Å²) in [4.78, 5) is 25.4. The summed E-state index contributed by atoms with van der Waals surface area (Å²) in [6.07, 6.45) is 5.49. The van der Waals surface area contributed by atoms with Gasteiger partial charge in [-0.3, -0.25) is 9.59 Å². The first-order valence-corrected chi connectivity index (χ1v) is 9.87. The van der Waals surface area contributed by atoms with Crippen molar-refractivity contribution < 1.29 is 19.1 Å². The highest BCUT2D eigenvalue weighted by Crippen LogP contribution is 2.55. The molecule has 144 valence electrons. The summed E-state index contributed by atoms with van der Waals surface area (Å²) in [6.45, 7) is 13.7. The molecular formula is C22H32O4. The first kappa shape index (κ1) is 19.5. The Kier molecular flexibility index (Phi) is 4.81. The molecule has 0 aromatic rings. The molecule has 1 fully saturated rings. The van der Waals surface area contributed by atoms with Gasteiger partial charge in [-0.2, -0.15) is 0 Å². The van der Waals surface area contributed by atoms with E-state index in [4.69, 9.17) is 9.47 Å². The van der Waals surface area contributed by atoms with Crippen LogP contribution in [0.5, 0.6) is 0 Å². The van der Waals surface area contributed by atoms with Crippen LogP contribution in [0.25, 0.3) is 0 Å². The number of ketones is 2. The highest BCUT2D eigenvalue weighted by molar-refractivity contribution is 6.01. The van der Waals surface area contributed by atoms with Gasteiger partial charge in [-0.15, -0.1) is 6.58 Å². The first-order valence-electron chi connectivity index (χ1n) is 9.87. The number of ether oxygens (including phenoxy) is 2. The summed E-state index contributed by atoms with van der Waals surface area (Å²) in [5, 5.41) is 0. The van der Waals surface area contributed by atoms with E-state index in [1.54, 1.807) is 6.08 Å². The summed E-state index contributed by atoms with van der Waals surface area (Å²) < 4.78 is 12.8. The molecule has 1 heterocycles. The number of carbonyl (C=O) groups is 2. The van der Waals surface area contributed by atoms with Gasteiger partial charge >= 0.3 is 0 Å².